The van der Waals surface area contributed by atoms with Gasteiger partial charge >= 0.3 is 0 Å². The Morgan fingerprint density at radius 3 is 1.22 bits per heavy atom. The van der Waals surface area contributed by atoms with Crippen LogP contribution in [0.25, 0.3) is 0 Å². The summed E-state index contributed by atoms with van der Waals surface area (Å²) >= 11 is 0. The van der Waals surface area contributed by atoms with Crippen LogP contribution in [0.1, 0.15) is 148 Å². The second kappa shape index (κ2) is 23.4. The van der Waals surface area contributed by atoms with Crippen LogP contribution in [-0.2, 0) is 9.59 Å². The predicted molar refractivity (Wildman–Crippen MR) is 118 cm³/mol. The molecule has 0 fully saturated rings. The van der Waals surface area contributed by atoms with Gasteiger partial charge in [0.25, 0.3) is 0 Å². The molecule has 0 aromatic heterocycles. The first-order valence-electron chi connectivity index (χ1n) is 12.3. The van der Waals surface area contributed by atoms with Gasteiger partial charge in [-0.25, -0.2) is 0 Å². The molecule has 2 nitrogen and oxygen atoms in total. The Labute approximate surface area is 170 Å². The summed E-state index contributed by atoms with van der Waals surface area (Å²) in [5.74, 6) is 0.460. The summed E-state index contributed by atoms with van der Waals surface area (Å²) in [5.41, 5.74) is 0. The lowest BCUT2D eigenvalue weighted by atomic mass is 10.0. The molecule has 0 unspecified atom stereocenters. The Morgan fingerprint density at radius 2 is 0.852 bits per heavy atom. The largest absolute Gasteiger partial charge is 0.303 e. The van der Waals surface area contributed by atoms with Gasteiger partial charge in [-0.2, -0.15) is 0 Å². The van der Waals surface area contributed by atoms with Crippen molar-refractivity contribution in [1.29, 1.82) is 0 Å². The van der Waals surface area contributed by atoms with Crippen LogP contribution >= 0.6 is 0 Å². The zero-order valence-electron chi connectivity index (χ0n) is 18.5. The molecule has 2 heteroatoms. The van der Waals surface area contributed by atoms with Crippen LogP contribution in [0.5, 0.6) is 0 Å². The van der Waals surface area contributed by atoms with E-state index in [1.807, 2.05) is 0 Å². The van der Waals surface area contributed by atoms with E-state index >= 15 is 0 Å². The molecule has 0 atom stereocenters. The van der Waals surface area contributed by atoms with Crippen LogP contribution in [0.2, 0.25) is 0 Å². The van der Waals surface area contributed by atoms with Crippen LogP contribution in [0.3, 0.4) is 0 Å². The molecule has 27 heavy (non-hydrogen) atoms. The molecule has 0 aromatic carbocycles. The van der Waals surface area contributed by atoms with Crippen molar-refractivity contribution in [3.8, 4) is 0 Å². The number of Topliss-reactive ketones (excluding diaryl/α,β-unsaturated/α-hetero) is 1. The molecule has 0 aliphatic rings. The summed E-state index contributed by atoms with van der Waals surface area (Å²) in [4.78, 5) is 22.1. The van der Waals surface area contributed by atoms with E-state index in [0.717, 1.165) is 51.2 Å². The number of carbonyl (C=O) groups is 2. The van der Waals surface area contributed by atoms with Crippen molar-refractivity contribution < 1.29 is 9.59 Å². The Kier molecular flexibility index (Phi) is 22.8. The fourth-order valence-corrected chi connectivity index (χ4v) is 3.72. The second-order valence-electron chi connectivity index (χ2n) is 8.36. The van der Waals surface area contributed by atoms with E-state index in [1.54, 1.807) is 0 Å². The molecule has 0 heterocycles. The van der Waals surface area contributed by atoms with E-state index in [1.165, 1.54) is 89.9 Å². The first-order valence-corrected chi connectivity index (χ1v) is 12.3. The van der Waals surface area contributed by atoms with Crippen LogP contribution < -0.4 is 0 Å². The van der Waals surface area contributed by atoms with E-state index in [-0.39, 0.29) is 0 Å². The topological polar surface area (TPSA) is 34.1 Å². The standard InChI is InChI=1S/C25H48O2/c1-2-3-4-5-6-7-8-9-10-11-12-13-16-19-22-25(27)23-20-17-14-15-18-21-24-26/h24H,2-23H2,1H3. The summed E-state index contributed by atoms with van der Waals surface area (Å²) in [6.45, 7) is 2.28. The average molecular weight is 381 g/mol. The maximum Gasteiger partial charge on any atom is 0.132 e. The van der Waals surface area contributed by atoms with Crippen molar-refractivity contribution in [3.05, 3.63) is 0 Å². The van der Waals surface area contributed by atoms with Gasteiger partial charge in [0.2, 0.25) is 0 Å². The third kappa shape index (κ3) is 23.3. The zero-order chi connectivity index (χ0) is 19.8. The smallest absolute Gasteiger partial charge is 0.132 e. The predicted octanol–water partition coefficient (Wildman–Crippen LogP) is 8.36. The number of ketones is 1. The van der Waals surface area contributed by atoms with Crippen LogP contribution in [0, 0.1) is 0 Å². The fourth-order valence-electron chi connectivity index (χ4n) is 3.72. The van der Waals surface area contributed by atoms with E-state index in [9.17, 15) is 9.59 Å². The highest BCUT2D eigenvalue weighted by Crippen LogP contribution is 2.14. The lowest BCUT2D eigenvalue weighted by Crippen LogP contribution is -1.97. The van der Waals surface area contributed by atoms with E-state index in [4.69, 9.17) is 0 Å². The van der Waals surface area contributed by atoms with Gasteiger partial charge in [-0.3, -0.25) is 4.79 Å². The lowest BCUT2D eigenvalue weighted by Gasteiger charge is -2.04. The quantitative estimate of drug-likeness (QED) is 0.132. The van der Waals surface area contributed by atoms with Crippen molar-refractivity contribution in [3.63, 3.8) is 0 Å². The normalized spacial score (nSPS) is 11.0. The van der Waals surface area contributed by atoms with Crippen molar-refractivity contribution in [1.82, 2.24) is 0 Å². The highest BCUT2D eigenvalue weighted by molar-refractivity contribution is 5.78. The first-order chi connectivity index (χ1) is 13.3. The molecule has 0 aliphatic carbocycles. The lowest BCUT2D eigenvalue weighted by molar-refractivity contribution is -0.119. The molecular weight excluding hydrogens is 332 g/mol. The monoisotopic (exact) mass is 380 g/mol. The van der Waals surface area contributed by atoms with Gasteiger partial charge in [-0.05, 0) is 19.3 Å². The third-order valence-electron chi connectivity index (χ3n) is 5.59. The molecule has 0 amide bonds. The number of hydrogen-bond donors (Lipinski definition) is 0. The number of rotatable bonds is 23. The van der Waals surface area contributed by atoms with Gasteiger partial charge in [-0.15, -0.1) is 0 Å². The second-order valence-corrected chi connectivity index (χ2v) is 8.36. The minimum absolute atomic E-state index is 0.460. The minimum Gasteiger partial charge on any atom is -0.303 e. The van der Waals surface area contributed by atoms with Crippen LogP contribution in [0.15, 0.2) is 0 Å². The molecule has 0 radical (unpaired) electrons. The maximum atomic E-state index is 11.9. The van der Waals surface area contributed by atoms with Crippen molar-refractivity contribution in [2.24, 2.45) is 0 Å². The molecule has 0 aliphatic heterocycles. The summed E-state index contributed by atoms with van der Waals surface area (Å²) in [6, 6.07) is 0. The van der Waals surface area contributed by atoms with Gasteiger partial charge in [-0.1, -0.05) is 110 Å². The summed E-state index contributed by atoms with van der Waals surface area (Å²) in [5, 5.41) is 0. The minimum atomic E-state index is 0.460. The molecule has 0 saturated heterocycles. The van der Waals surface area contributed by atoms with E-state index in [2.05, 4.69) is 6.92 Å². The van der Waals surface area contributed by atoms with Crippen LogP contribution in [-0.4, -0.2) is 12.1 Å². The maximum absolute atomic E-state index is 11.9. The Bertz CT molecular complexity index is 311. The summed E-state index contributed by atoms with van der Waals surface area (Å²) in [7, 11) is 0. The summed E-state index contributed by atoms with van der Waals surface area (Å²) < 4.78 is 0. The molecular formula is C25H48O2. The SMILES string of the molecule is CCCCCCCCCCCCCCCCC(=O)CCCCCCCC=O. The van der Waals surface area contributed by atoms with Gasteiger partial charge in [0.15, 0.2) is 0 Å². The molecule has 0 saturated carbocycles. The van der Waals surface area contributed by atoms with Gasteiger partial charge in [0.1, 0.15) is 12.1 Å². The van der Waals surface area contributed by atoms with Gasteiger partial charge in [0, 0.05) is 19.3 Å². The molecule has 0 N–H and O–H groups in total. The Balaban J connectivity index is 3.12. The van der Waals surface area contributed by atoms with Crippen molar-refractivity contribution in [2.75, 3.05) is 0 Å². The Hall–Kier alpha value is -0.660. The fraction of sp³-hybridized carbons (Fsp3) is 0.920. The number of unbranched alkanes of at least 4 members (excludes halogenated alkanes) is 18. The van der Waals surface area contributed by atoms with Gasteiger partial charge in [0.05, 0.1) is 0 Å². The zero-order valence-corrected chi connectivity index (χ0v) is 18.5. The third-order valence-corrected chi connectivity index (χ3v) is 5.59. The number of hydrogen-bond acceptors (Lipinski definition) is 2. The molecule has 0 rings (SSSR count). The Morgan fingerprint density at radius 1 is 0.519 bits per heavy atom. The molecule has 160 valence electrons. The molecule has 0 aromatic rings. The average Bonchev–Trinajstić information content (AvgIpc) is 2.67. The highest BCUT2D eigenvalue weighted by Gasteiger charge is 2.02. The van der Waals surface area contributed by atoms with E-state index in [0.29, 0.717) is 12.2 Å². The van der Waals surface area contributed by atoms with Crippen molar-refractivity contribution in [2.45, 2.75) is 148 Å². The van der Waals surface area contributed by atoms with E-state index < -0.39 is 0 Å². The van der Waals surface area contributed by atoms with Crippen LogP contribution in [0.4, 0.5) is 0 Å². The highest BCUT2D eigenvalue weighted by atomic mass is 16.1. The summed E-state index contributed by atoms with van der Waals surface area (Å²) in [6.07, 6.45) is 27.9. The van der Waals surface area contributed by atoms with Crippen molar-refractivity contribution >= 4 is 12.1 Å². The van der Waals surface area contributed by atoms with Gasteiger partial charge < -0.3 is 4.79 Å². The first kappa shape index (κ1) is 26.3. The number of aldehydes is 1. The number of carbonyl (C=O) groups excluding carboxylic acids is 2. The molecule has 0 spiro atoms. The molecule has 0 bridgehead atoms.